The molecule has 0 fully saturated rings. The third-order valence-corrected chi connectivity index (χ3v) is 2.85. The van der Waals surface area contributed by atoms with Crippen LogP contribution in [0.2, 0.25) is 0 Å². The predicted octanol–water partition coefficient (Wildman–Crippen LogP) is 3.16. The van der Waals surface area contributed by atoms with E-state index in [0.717, 1.165) is 4.47 Å². The van der Waals surface area contributed by atoms with Gasteiger partial charge in [-0.2, -0.15) is 5.26 Å². The molecule has 2 aromatic rings. The summed E-state index contributed by atoms with van der Waals surface area (Å²) in [6.45, 7) is 0. The number of halogens is 1. The normalized spacial score (nSPS) is 9.68. The Balaban J connectivity index is 2.34. The van der Waals surface area contributed by atoms with E-state index in [9.17, 15) is 4.79 Å². The van der Waals surface area contributed by atoms with Gasteiger partial charge < -0.3 is 10.4 Å². The van der Waals surface area contributed by atoms with Gasteiger partial charge in [-0.15, -0.1) is 0 Å². The molecule has 0 amide bonds. The molecule has 0 unspecified atom stereocenters. The number of benzene rings is 1. The number of carboxylic acids is 1. The number of hydrogen-bond donors (Lipinski definition) is 2. The van der Waals surface area contributed by atoms with Crippen LogP contribution in [0.4, 0.5) is 11.4 Å². The van der Waals surface area contributed by atoms with Crippen LogP contribution >= 0.6 is 15.9 Å². The van der Waals surface area contributed by atoms with E-state index in [4.69, 9.17) is 10.4 Å². The summed E-state index contributed by atoms with van der Waals surface area (Å²) in [6, 6.07) is 10.3. The quantitative estimate of drug-likeness (QED) is 0.908. The van der Waals surface area contributed by atoms with E-state index >= 15 is 0 Å². The third-order valence-electron chi connectivity index (χ3n) is 2.36. The highest BCUT2D eigenvalue weighted by atomic mass is 79.9. The summed E-state index contributed by atoms with van der Waals surface area (Å²) in [5.74, 6) is -1.10. The van der Waals surface area contributed by atoms with Gasteiger partial charge >= 0.3 is 5.97 Å². The number of hydrogen-bond acceptors (Lipinski definition) is 4. The van der Waals surface area contributed by atoms with Gasteiger partial charge in [0.05, 0.1) is 11.3 Å². The molecule has 0 aliphatic heterocycles. The van der Waals surface area contributed by atoms with Crippen LogP contribution in [0.3, 0.4) is 0 Å². The lowest BCUT2D eigenvalue weighted by Crippen LogP contribution is -2.01. The lowest BCUT2D eigenvalue weighted by molar-refractivity contribution is 0.0690. The minimum atomic E-state index is -1.10. The molecule has 6 heteroatoms. The van der Waals surface area contributed by atoms with Crippen LogP contribution in [0.15, 0.2) is 41.0 Å². The number of nitrogens with one attached hydrogen (secondary N) is 1. The fourth-order valence-corrected chi connectivity index (χ4v) is 1.86. The first kappa shape index (κ1) is 13.1. The Morgan fingerprint density at radius 1 is 1.37 bits per heavy atom. The molecular weight excluding hydrogens is 310 g/mol. The van der Waals surface area contributed by atoms with Gasteiger partial charge in [0.25, 0.3) is 0 Å². The highest BCUT2D eigenvalue weighted by molar-refractivity contribution is 9.10. The second-order valence-electron chi connectivity index (χ2n) is 3.66. The Morgan fingerprint density at radius 3 is 2.84 bits per heavy atom. The summed E-state index contributed by atoms with van der Waals surface area (Å²) in [5.41, 5.74) is 1.57. The van der Waals surface area contributed by atoms with Crippen molar-refractivity contribution in [3.63, 3.8) is 0 Å². The van der Waals surface area contributed by atoms with Gasteiger partial charge in [-0.1, -0.05) is 15.9 Å². The SMILES string of the molecule is N#Cc1cc(Br)ccc1Nc1ccnc(C(=O)O)c1. The van der Waals surface area contributed by atoms with E-state index in [1.807, 2.05) is 0 Å². The van der Waals surface area contributed by atoms with Gasteiger partial charge in [0.15, 0.2) is 0 Å². The molecule has 0 aliphatic carbocycles. The number of nitrogens with zero attached hydrogens (tertiary/aromatic N) is 2. The number of pyridine rings is 1. The van der Waals surface area contributed by atoms with Crippen molar-refractivity contribution < 1.29 is 9.90 Å². The Bertz CT molecular complexity index is 680. The molecular formula is C13H8BrN3O2. The van der Waals surface area contributed by atoms with Gasteiger partial charge in [-0.25, -0.2) is 9.78 Å². The molecule has 1 heterocycles. The summed E-state index contributed by atoms with van der Waals surface area (Å²) in [5, 5.41) is 20.9. The van der Waals surface area contributed by atoms with Crippen molar-refractivity contribution >= 4 is 33.3 Å². The average molecular weight is 318 g/mol. The molecule has 2 N–H and O–H groups in total. The first-order valence-electron chi connectivity index (χ1n) is 5.26. The van der Waals surface area contributed by atoms with E-state index < -0.39 is 5.97 Å². The second kappa shape index (κ2) is 5.50. The highest BCUT2D eigenvalue weighted by Gasteiger charge is 2.07. The van der Waals surface area contributed by atoms with Crippen LogP contribution < -0.4 is 5.32 Å². The molecule has 19 heavy (non-hydrogen) atoms. The van der Waals surface area contributed by atoms with E-state index in [0.29, 0.717) is 16.9 Å². The summed E-state index contributed by atoms with van der Waals surface area (Å²) < 4.78 is 0.801. The van der Waals surface area contributed by atoms with Gasteiger partial charge in [0.1, 0.15) is 11.8 Å². The van der Waals surface area contributed by atoms with Crippen molar-refractivity contribution in [3.8, 4) is 6.07 Å². The Morgan fingerprint density at radius 2 is 2.16 bits per heavy atom. The molecule has 1 aromatic heterocycles. The van der Waals surface area contributed by atoms with Crippen molar-refractivity contribution in [2.45, 2.75) is 0 Å². The number of carbonyl (C=O) groups is 1. The zero-order valence-corrected chi connectivity index (χ0v) is 11.2. The van der Waals surface area contributed by atoms with Crippen molar-refractivity contribution in [1.29, 1.82) is 5.26 Å². The van der Waals surface area contributed by atoms with Gasteiger partial charge in [-0.3, -0.25) is 0 Å². The molecule has 2 rings (SSSR count). The van der Waals surface area contributed by atoms with E-state index in [1.165, 1.54) is 12.3 Å². The lowest BCUT2D eigenvalue weighted by atomic mass is 10.2. The zero-order chi connectivity index (χ0) is 13.8. The topological polar surface area (TPSA) is 86.0 Å². The number of aromatic nitrogens is 1. The lowest BCUT2D eigenvalue weighted by Gasteiger charge is -2.08. The number of carboxylic acid groups (broad SMARTS) is 1. The maximum Gasteiger partial charge on any atom is 0.354 e. The van der Waals surface area contributed by atoms with Crippen molar-refractivity contribution in [2.24, 2.45) is 0 Å². The van der Waals surface area contributed by atoms with E-state index in [2.05, 4.69) is 32.3 Å². The molecule has 0 spiro atoms. The van der Waals surface area contributed by atoms with Crippen LogP contribution in [0.1, 0.15) is 16.1 Å². The molecule has 0 saturated heterocycles. The standard InChI is InChI=1S/C13H8BrN3O2/c14-9-1-2-11(8(5-9)7-15)17-10-3-4-16-12(6-10)13(18)19/h1-6H,(H,16,17)(H,18,19). The van der Waals surface area contributed by atoms with Crippen molar-refractivity contribution in [2.75, 3.05) is 5.32 Å². The smallest absolute Gasteiger partial charge is 0.354 e. The number of aromatic carboxylic acids is 1. The maximum atomic E-state index is 10.8. The van der Waals surface area contributed by atoms with Crippen LogP contribution in [0.5, 0.6) is 0 Å². The molecule has 0 saturated carbocycles. The molecule has 5 nitrogen and oxygen atoms in total. The molecule has 0 bridgehead atoms. The molecule has 0 aliphatic rings. The first-order valence-corrected chi connectivity index (χ1v) is 6.05. The summed E-state index contributed by atoms with van der Waals surface area (Å²) >= 11 is 3.29. The largest absolute Gasteiger partial charge is 0.477 e. The van der Waals surface area contributed by atoms with Crippen molar-refractivity contribution in [3.05, 3.63) is 52.3 Å². The Hall–Kier alpha value is -2.39. The summed E-state index contributed by atoms with van der Waals surface area (Å²) in [4.78, 5) is 14.5. The maximum absolute atomic E-state index is 10.8. The van der Waals surface area contributed by atoms with E-state index in [-0.39, 0.29) is 5.69 Å². The van der Waals surface area contributed by atoms with Crippen LogP contribution in [-0.4, -0.2) is 16.1 Å². The molecule has 1 aromatic carbocycles. The molecule has 94 valence electrons. The highest BCUT2D eigenvalue weighted by Crippen LogP contribution is 2.24. The monoisotopic (exact) mass is 317 g/mol. The summed E-state index contributed by atoms with van der Waals surface area (Å²) in [7, 11) is 0. The van der Waals surface area contributed by atoms with Crippen LogP contribution in [0, 0.1) is 11.3 Å². The number of rotatable bonds is 3. The molecule has 0 radical (unpaired) electrons. The minimum absolute atomic E-state index is 0.0550. The number of anilines is 2. The van der Waals surface area contributed by atoms with Gasteiger partial charge in [0, 0.05) is 16.4 Å². The van der Waals surface area contributed by atoms with Gasteiger partial charge in [0.2, 0.25) is 0 Å². The predicted molar refractivity (Wildman–Crippen MR) is 73.3 cm³/mol. The van der Waals surface area contributed by atoms with Crippen LogP contribution in [-0.2, 0) is 0 Å². The van der Waals surface area contributed by atoms with E-state index in [1.54, 1.807) is 24.3 Å². The van der Waals surface area contributed by atoms with Crippen molar-refractivity contribution in [1.82, 2.24) is 4.98 Å². The third kappa shape index (κ3) is 3.09. The fraction of sp³-hybridized carbons (Fsp3) is 0. The minimum Gasteiger partial charge on any atom is -0.477 e. The second-order valence-corrected chi connectivity index (χ2v) is 4.58. The van der Waals surface area contributed by atoms with Crippen LogP contribution in [0.25, 0.3) is 0 Å². The van der Waals surface area contributed by atoms with Gasteiger partial charge in [-0.05, 0) is 30.3 Å². The zero-order valence-electron chi connectivity index (χ0n) is 9.59. The Kier molecular flexibility index (Phi) is 3.78. The average Bonchev–Trinajstić information content (AvgIpc) is 2.41. The number of nitriles is 1. The molecule has 0 atom stereocenters. The Labute approximate surface area is 117 Å². The first-order chi connectivity index (χ1) is 9.10. The fourth-order valence-electron chi connectivity index (χ4n) is 1.50. The summed E-state index contributed by atoms with van der Waals surface area (Å²) in [6.07, 6.45) is 1.40.